The fraction of sp³-hybridized carbons (Fsp3) is 0.444. The third-order valence-corrected chi connectivity index (χ3v) is 6.09. The summed E-state index contributed by atoms with van der Waals surface area (Å²) in [5, 5.41) is 0. The standard InChI is InChI=1S/C18H23FN2O5S/c1-24-16-10-13(19)18(11-17(16)25-2)27(22,23)20-12-14(15-6-5-9-26-15)21-7-3-4-8-21/h5-6,9-11,14,20H,3-4,7-8,12H2,1-2H3/t14-/m0/s1. The van der Waals surface area contributed by atoms with E-state index in [0.717, 1.165) is 38.1 Å². The van der Waals surface area contributed by atoms with Crippen LogP contribution >= 0.6 is 0 Å². The Morgan fingerprint density at radius 2 is 1.89 bits per heavy atom. The highest BCUT2D eigenvalue weighted by Crippen LogP contribution is 2.32. The molecule has 0 bridgehead atoms. The molecular weight excluding hydrogens is 375 g/mol. The van der Waals surface area contributed by atoms with E-state index in [1.807, 2.05) is 6.07 Å². The minimum atomic E-state index is -4.09. The van der Waals surface area contributed by atoms with Gasteiger partial charge in [-0.1, -0.05) is 0 Å². The number of hydrogen-bond donors (Lipinski definition) is 1. The van der Waals surface area contributed by atoms with Crippen LogP contribution in [0.1, 0.15) is 24.6 Å². The van der Waals surface area contributed by atoms with Crippen LogP contribution in [0.25, 0.3) is 0 Å². The van der Waals surface area contributed by atoms with Gasteiger partial charge in [-0.2, -0.15) is 0 Å². The Kier molecular flexibility index (Phi) is 6.03. The lowest BCUT2D eigenvalue weighted by Gasteiger charge is -2.26. The first-order valence-electron chi connectivity index (χ1n) is 8.65. The van der Waals surface area contributed by atoms with Gasteiger partial charge in [0.1, 0.15) is 16.5 Å². The number of nitrogens with zero attached hydrogens (tertiary/aromatic N) is 1. The van der Waals surface area contributed by atoms with Crippen LogP contribution < -0.4 is 14.2 Å². The Hall–Kier alpha value is -2.10. The van der Waals surface area contributed by atoms with E-state index in [1.165, 1.54) is 14.2 Å². The Balaban J connectivity index is 1.83. The zero-order valence-corrected chi connectivity index (χ0v) is 16.1. The number of furan rings is 1. The molecular formula is C18H23FN2O5S. The van der Waals surface area contributed by atoms with Gasteiger partial charge >= 0.3 is 0 Å². The van der Waals surface area contributed by atoms with Crippen LogP contribution in [0, 0.1) is 5.82 Å². The molecule has 7 nitrogen and oxygen atoms in total. The third-order valence-electron chi connectivity index (χ3n) is 4.65. The summed E-state index contributed by atoms with van der Waals surface area (Å²) in [6.45, 7) is 1.79. The average Bonchev–Trinajstić information content (AvgIpc) is 3.35. The summed E-state index contributed by atoms with van der Waals surface area (Å²) < 4.78 is 57.9. The average molecular weight is 398 g/mol. The second-order valence-electron chi connectivity index (χ2n) is 6.26. The van der Waals surface area contributed by atoms with Gasteiger partial charge in [-0.3, -0.25) is 4.90 Å². The maximum atomic E-state index is 14.4. The minimum absolute atomic E-state index is 0.0730. The van der Waals surface area contributed by atoms with E-state index in [2.05, 4.69) is 9.62 Å². The molecule has 1 aliphatic heterocycles. The molecule has 1 fully saturated rings. The summed E-state index contributed by atoms with van der Waals surface area (Å²) in [5.41, 5.74) is 0. The second-order valence-corrected chi connectivity index (χ2v) is 8.00. The van der Waals surface area contributed by atoms with E-state index in [-0.39, 0.29) is 24.1 Å². The van der Waals surface area contributed by atoms with Gasteiger partial charge in [0.2, 0.25) is 10.0 Å². The van der Waals surface area contributed by atoms with Crippen LogP contribution in [0.5, 0.6) is 11.5 Å². The quantitative estimate of drug-likeness (QED) is 0.736. The van der Waals surface area contributed by atoms with Gasteiger partial charge < -0.3 is 13.9 Å². The molecule has 1 saturated heterocycles. The Labute approximate surface area is 158 Å². The topological polar surface area (TPSA) is 81.0 Å². The van der Waals surface area contributed by atoms with Crippen molar-refractivity contribution in [1.82, 2.24) is 9.62 Å². The lowest BCUT2D eigenvalue weighted by Crippen LogP contribution is -2.36. The molecule has 0 unspecified atom stereocenters. The first-order chi connectivity index (χ1) is 13.0. The minimum Gasteiger partial charge on any atom is -0.493 e. The normalized spacial score (nSPS) is 16.4. The Bertz CT molecular complexity index is 864. The summed E-state index contributed by atoms with van der Waals surface area (Å²) in [4.78, 5) is 1.67. The summed E-state index contributed by atoms with van der Waals surface area (Å²) in [5.74, 6) is 0.0316. The van der Waals surface area contributed by atoms with E-state index in [1.54, 1.807) is 12.3 Å². The molecule has 148 valence electrons. The van der Waals surface area contributed by atoms with Crippen LogP contribution in [0.15, 0.2) is 39.8 Å². The first kappa shape index (κ1) is 19.7. The molecule has 1 N–H and O–H groups in total. The molecule has 0 spiro atoms. The fourth-order valence-corrected chi connectivity index (χ4v) is 4.36. The number of ether oxygens (including phenoxy) is 2. The van der Waals surface area contributed by atoms with Crippen molar-refractivity contribution < 1.29 is 26.7 Å². The number of nitrogens with one attached hydrogen (secondary N) is 1. The van der Waals surface area contributed by atoms with E-state index in [0.29, 0.717) is 5.76 Å². The lowest BCUT2D eigenvalue weighted by molar-refractivity contribution is 0.216. The molecule has 0 amide bonds. The predicted octanol–water partition coefficient (Wildman–Crippen LogP) is 2.55. The molecule has 0 saturated carbocycles. The maximum absolute atomic E-state index is 14.4. The number of methoxy groups -OCH3 is 2. The highest BCUT2D eigenvalue weighted by Gasteiger charge is 2.29. The molecule has 2 heterocycles. The van der Waals surface area contributed by atoms with Crippen molar-refractivity contribution in [2.75, 3.05) is 33.9 Å². The molecule has 9 heteroatoms. The molecule has 1 aromatic heterocycles. The maximum Gasteiger partial charge on any atom is 0.243 e. The van der Waals surface area contributed by atoms with Gasteiger partial charge in [-0.05, 0) is 38.1 Å². The Morgan fingerprint density at radius 3 is 2.48 bits per heavy atom. The highest BCUT2D eigenvalue weighted by molar-refractivity contribution is 7.89. The summed E-state index contributed by atoms with van der Waals surface area (Å²) in [6, 6.07) is 5.45. The number of rotatable bonds is 8. The molecule has 27 heavy (non-hydrogen) atoms. The highest BCUT2D eigenvalue weighted by atomic mass is 32.2. The number of halogens is 1. The predicted molar refractivity (Wildman–Crippen MR) is 96.9 cm³/mol. The van der Waals surface area contributed by atoms with Crippen molar-refractivity contribution >= 4 is 10.0 Å². The number of sulfonamides is 1. The smallest absolute Gasteiger partial charge is 0.243 e. The summed E-state index contributed by atoms with van der Waals surface area (Å²) >= 11 is 0. The second kappa shape index (κ2) is 8.28. The number of likely N-dealkylation sites (tertiary alicyclic amines) is 1. The van der Waals surface area contributed by atoms with Gasteiger partial charge in [0, 0.05) is 18.7 Å². The van der Waals surface area contributed by atoms with E-state index in [9.17, 15) is 12.8 Å². The van der Waals surface area contributed by atoms with Crippen LogP contribution in [-0.4, -0.2) is 47.2 Å². The molecule has 1 atom stereocenters. The first-order valence-corrected chi connectivity index (χ1v) is 10.1. The van der Waals surface area contributed by atoms with Crippen LogP contribution in [0.2, 0.25) is 0 Å². The fourth-order valence-electron chi connectivity index (χ4n) is 3.25. The molecule has 1 aliphatic rings. The Morgan fingerprint density at radius 1 is 1.22 bits per heavy atom. The largest absolute Gasteiger partial charge is 0.493 e. The molecule has 1 aromatic carbocycles. The molecule has 0 aliphatic carbocycles. The van der Waals surface area contributed by atoms with Crippen molar-refractivity contribution in [1.29, 1.82) is 0 Å². The van der Waals surface area contributed by atoms with Crippen LogP contribution in [0.3, 0.4) is 0 Å². The van der Waals surface area contributed by atoms with Crippen molar-refractivity contribution in [2.24, 2.45) is 0 Å². The van der Waals surface area contributed by atoms with E-state index >= 15 is 0 Å². The third kappa shape index (κ3) is 4.26. The molecule has 2 aromatic rings. The van der Waals surface area contributed by atoms with Gasteiger partial charge in [-0.15, -0.1) is 0 Å². The number of hydrogen-bond acceptors (Lipinski definition) is 6. The van der Waals surface area contributed by atoms with Crippen LogP contribution in [0.4, 0.5) is 4.39 Å². The summed E-state index contributed by atoms with van der Waals surface area (Å²) in [6.07, 6.45) is 3.66. The number of benzene rings is 1. The lowest BCUT2D eigenvalue weighted by atomic mass is 10.2. The zero-order chi connectivity index (χ0) is 19.4. The van der Waals surface area contributed by atoms with E-state index in [4.69, 9.17) is 13.9 Å². The van der Waals surface area contributed by atoms with Gasteiger partial charge in [0.05, 0.1) is 26.5 Å². The SMILES string of the molecule is COc1cc(F)c(S(=O)(=O)NC[C@@H](c2ccco2)N2CCCC2)cc1OC. The van der Waals surface area contributed by atoms with Crippen molar-refractivity contribution in [3.05, 3.63) is 42.1 Å². The van der Waals surface area contributed by atoms with Crippen LogP contribution in [-0.2, 0) is 10.0 Å². The molecule has 0 radical (unpaired) electrons. The van der Waals surface area contributed by atoms with Crippen molar-refractivity contribution in [3.63, 3.8) is 0 Å². The zero-order valence-electron chi connectivity index (χ0n) is 15.3. The van der Waals surface area contributed by atoms with E-state index < -0.39 is 20.7 Å². The van der Waals surface area contributed by atoms with Gasteiger partial charge in [0.25, 0.3) is 0 Å². The summed E-state index contributed by atoms with van der Waals surface area (Å²) in [7, 11) is -1.38. The van der Waals surface area contributed by atoms with Crippen molar-refractivity contribution in [3.8, 4) is 11.5 Å². The van der Waals surface area contributed by atoms with Gasteiger partial charge in [-0.25, -0.2) is 17.5 Å². The van der Waals surface area contributed by atoms with Crippen molar-refractivity contribution in [2.45, 2.75) is 23.8 Å². The monoisotopic (exact) mass is 398 g/mol. The molecule has 3 rings (SSSR count). The van der Waals surface area contributed by atoms with Gasteiger partial charge in [0.15, 0.2) is 11.5 Å².